The van der Waals surface area contributed by atoms with Gasteiger partial charge in [-0.15, -0.1) is 11.8 Å². The van der Waals surface area contributed by atoms with Crippen LogP contribution in [0.25, 0.3) is 0 Å². The Morgan fingerprint density at radius 2 is 1.95 bits per heavy atom. The van der Waals surface area contributed by atoms with Gasteiger partial charge in [0.2, 0.25) is 0 Å². The number of hydrogen-bond donors (Lipinski definition) is 1. The number of amides is 2. The predicted molar refractivity (Wildman–Crippen MR) is 78.0 cm³/mol. The number of methoxy groups -OCH3 is 1. The third-order valence-corrected chi connectivity index (χ3v) is 3.68. The lowest BCUT2D eigenvalue weighted by Gasteiger charge is -2.12. The van der Waals surface area contributed by atoms with Gasteiger partial charge >= 0.3 is 12.1 Å². The molecule has 0 fully saturated rings. The third-order valence-electron chi connectivity index (χ3n) is 2.53. The minimum absolute atomic E-state index is 0.0840. The van der Waals surface area contributed by atoms with Crippen LogP contribution in [0.4, 0.5) is 4.79 Å². The number of alkyl carbamates (subject to hydrolysis) is 1. The minimum atomic E-state index is -1.06. The molecule has 0 spiro atoms. The van der Waals surface area contributed by atoms with Crippen molar-refractivity contribution in [1.29, 1.82) is 0 Å². The molecule has 0 aliphatic carbocycles. The SMILES string of the molecule is COC(=O)NC(=O)[C@H](C)OC(=O)CSc1ccccc1C. The first-order valence-corrected chi connectivity index (χ1v) is 7.19. The van der Waals surface area contributed by atoms with E-state index in [1.165, 1.54) is 18.7 Å². The van der Waals surface area contributed by atoms with Gasteiger partial charge in [0, 0.05) is 4.90 Å². The average Bonchev–Trinajstić information content (AvgIpc) is 2.46. The third kappa shape index (κ3) is 5.86. The zero-order valence-corrected chi connectivity index (χ0v) is 12.9. The number of ether oxygens (including phenoxy) is 2. The first kappa shape index (κ1) is 17.0. The molecule has 114 valence electrons. The summed E-state index contributed by atoms with van der Waals surface area (Å²) in [6, 6.07) is 7.64. The second kappa shape index (κ2) is 8.31. The number of imide groups is 1. The lowest BCUT2D eigenvalue weighted by molar-refractivity contribution is -0.152. The van der Waals surface area contributed by atoms with E-state index in [2.05, 4.69) is 4.74 Å². The molecular formula is C14H17NO5S. The number of nitrogens with one attached hydrogen (secondary N) is 1. The lowest BCUT2D eigenvalue weighted by atomic mass is 10.2. The largest absolute Gasteiger partial charge is 0.453 e. The summed E-state index contributed by atoms with van der Waals surface area (Å²) in [6.07, 6.45) is -1.95. The van der Waals surface area contributed by atoms with Gasteiger partial charge in [-0.1, -0.05) is 18.2 Å². The molecule has 0 aromatic heterocycles. The molecule has 0 bridgehead atoms. The Labute approximate surface area is 127 Å². The van der Waals surface area contributed by atoms with Crippen LogP contribution in [0.15, 0.2) is 29.2 Å². The smallest absolute Gasteiger partial charge is 0.413 e. The van der Waals surface area contributed by atoms with Crippen molar-refractivity contribution in [3.63, 3.8) is 0 Å². The van der Waals surface area contributed by atoms with Crippen LogP contribution < -0.4 is 5.32 Å². The van der Waals surface area contributed by atoms with E-state index in [9.17, 15) is 14.4 Å². The Hall–Kier alpha value is -2.02. The van der Waals surface area contributed by atoms with E-state index in [-0.39, 0.29) is 5.75 Å². The van der Waals surface area contributed by atoms with Crippen LogP contribution >= 0.6 is 11.8 Å². The van der Waals surface area contributed by atoms with Crippen molar-refractivity contribution in [2.24, 2.45) is 0 Å². The van der Waals surface area contributed by atoms with Crippen molar-refractivity contribution in [2.45, 2.75) is 24.8 Å². The fraction of sp³-hybridized carbons (Fsp3) is 0.357. The van der Waals surface area contributed by atoms with E-state index >= 15 is 0 Å². The second-order valence-corrected chi connectivity index (χ2v) is 5.18. The van der Waals surface area contributed by atoms with Crippen molar-refractivity contribution in [1.82, 2.24) is 5.32 Å². The zero-order valence-electron chi connectivity index (χ0n) is 12.0. The Kier molecular flexibility index (Phi) is 6.74. The van der Waals surface area contributed by atoms with Gasteiger partial charge < -0.3 is 9.47 Å². The van der Waals surface area contributed by atoms with Crippen LogP contribution in [0.5, 0.6) is 0 Å². The van der Waals surface area contributed by atoms with Crippen molar-refractivity contribution >= 4 is 29.7 Å². The topological polar surface area (TPSA) is 81.7 Å². The van der Waals surface area contributed by atoms with Crippen LogP contribution in [-0.4, -0.2) is 36.9 Å². The first-order chi connectivity index (χ1) is 9.93. The monoisotopic (exact) mass is 311 g/mol. The van der Waals surface area contributed by atoms with Crippen molar-refractivity contribution in [3.8, 4) is 0 Å². The highest BCUT2D eigenvalue weighted by Gasteiger charge is 2.20. The molecule has 1 atom stereocenters. The molecule has 7 heteroatoms. The van der Waals surface area contributed by atoms with E-state index in [1.807, 2.05) is 36.5 Å². The van der Waals surface area contributed by atoms with Gasteiger partial charge in [-0.05, 0) is 25.5 Å². The highest BCUT2D eigenvalue weighted by atomic mass is 32.2. The Morgan fingerprint density at radius 3 is 2.57 bits per heavy atom. The minimum Gasteiger partial charge on any atom is -0.453 e. The van der Waals surface area contributed by atoms with Gasteiger partial charge in [-0.3, -0.25) is 14.9 Å². The average molecular weight is 311 g/mol. The van der Waals surface area contributed by atoms with E-state index in [1.54, 1.807) is 0 Å². The number of carbonyl (C=O) groups excluding carboxylic acids is 3. The van der Waals surface area contributed by atoms with Gasteiger partial charge in [0.25, 0.3) is 5.91 Å². The summed E-state index contributed by atoms with van der Waals surface area (Å²) in [7, 11) is 1.14. The van der Waals surface area contributed by atoms with Crippen LogP contribution in [0.3, 0.4) is 0 Å². The molecule has 0 radical (unpaired) electrons. The normalized spacial score (nSPS) is 11.4. The van der Waals surface area contributed by atoms with E-state index in [0.29, 0.717) is 0 Å². The van der Waals surface area contributed by atoms with E-state index in [4.69, 9.17) is 4.74 Å². The number of aryl methyl sites for hydroxylation is 1. The van der Waals surface area contributed by atoms with Crippen LogP contribution in [0.1, 0.15) is 12.5 Å². The molecule has 0 saturated heterocycles. The Bertz CT molecular complexity index is 532. The maximum atomic E-state index is 11.7. The molecule has 1 aromatic rings. The van der Waals surface area contributed by atoms with E-state index < -0.39 is 24.1 Å². The fourth-order valence-corrected chi connectivity index (χ4v) is 2.20. The molecule has 0 aliphatic heterocycles. The summed E-state index contributed by atoms with van der Waals surface area (Å²) in [6.45, 7) is 3.33. The molecule has 1 aromatic carbocycles. The number of hydrogen-bond acceptors (Lipinski definition) is 6. The summed E-state index contributed by atoms with van der Waals surface area (Å²) < 4.78 is 9.22. The molecule has 2 amide bonds. The van der Waals surface area contributed by atoms with Gasteiger partial charge in [-0.25, -0.2) is 4.79 Å². The van der Waals surface area contributed by atoms with Crippen molar-refractivity contribution < 1.29 is 23.9 Å². The molecule has 0 heterocycles. The Balaban J connectivity index is 2.41. The molecule has 0 saturated carbocycles. The fourth-order valence-electron chi connectivity index (χ4n) is 1.39. The highest BCUT2D eigenvalue weighted by molar-refractivity contribution is 8.00. The molecule has 1 N–H and O–H groups in total. The first-order valence-electron chi connectivity index (χ1n) is 6.20. The van der Waals surface area contributed by atoms with Crippen molar-refractivity contribution in [2.75, 3.05) is 12.9 Å². The van der Waals surface area contributed by atoms with Crippen LogP contribution in [0.2, 0.25) is 0 Å². The molecule has 0 unspecified atom stereocenters. The molecular weight excluding hydrogens is 294 g/mol. The summed E-state index contributed by atoms with van der Waals surface area (Å²) in [5, 5.41) is 1.93. The van der Waals surface area contributed by atoms with Gasteiger partial charge in [0.05, 0.1) is 12.9 Å². The molecule has 6 nitrogen and oxygen atoms in total. The maximum Gasteiger partial charge on any atom is 0.413 e. The van der Waals surface area contributed by atoms with E-state index in [0.717, 1.165) is 17.6 Å². The molecule has 1 rings (SSSR count). The van der Waals surface area contributed by atoms with Crippen molar-refractivity contribution in [3.05, 3.63) is 29.8 Å². The quantitative estimate of drug-likeness (QED) is 0.660. The number of rotatable bonds is 5. The van der Waals surface area contributed by atoms with Gasteiger partial charge in [0.15, 0.2) is 6.10 Å². The lowest BCUT2D eigenvalue weighted by Crippen LogP contribution is -2.39. The van der Waals surface area contributed by atoms with Gasteiger partial charge in [-0.2, -0.15) is 0 Å². The standard InChI is InChI=1S/C14H17NO5S/c1-9-6-4-5-7-11(9)21-8-12(16)20-10(2)13(17)15-14(18)19-3/h4-7,10H,8H2,1-3H3,(H,15,17,18)/t10-/m0/s1. The number of carbonyl (C=O) groups is 3. The second-order valence-electron chi connectivity index (χ2n) is 4.17. The highest BCUT2D eigenvalue weighted by Crippen LogP contribution is 2.21. The van der Waals surface area contributed by atoms with Crippen LogP contribution in [-0.2, 0) is 19.1 Å². The summed E-state index contributed by atoms with van der Waals surface area (Å²) in [5.74, 6) is -1.17. The summed E-state index contributed by atoms with van der Waals surface area (Å²) >= 11 is 1.33. The zero-order chi connectivity index (χ0) is 15.8. The summed E-state index contributed by atoms with van der Waals surface area (Å²) in [4.78, 5) is 35.0. The number of esters is 1. The molecule has 0 aliphatic rings. The number of benzene rings is 1. The van der Waals surface area contributed by atoms with Gasteiger partial charge in [0.1, 0.15) is 0 Å². The predicted octanol–water partition coefficient (Wildman–Crippen LogP) is 1.90. The summed E-state index contributed by atoms with van der Waals surface area (Å²) in [5.41, 5.74) is 1.06. The Morgan fingerprint density at radius 1 is 1.29 bits per heavy atom. The van der Waals surface area contributed by atoms with Crippen LogP contribution in [0, 0.1) is 6.92 Å². The maximum absolute atomic E-state index is 11.7. The molecule has 21 heavy (non-hydrogen) atoms. The number of thioether (sulfide) groups is 1.